The van der Waals surface area contributed by atoms with E-state index < -0.39 is 0 Å². The molecule has 0 aliphatic heterocycles. The lowest BCUT2D eigenvalue weighted by Crippen LogP contribution is -2.11. The maximum atomic E-state index is 12.1. The number of rotatable bonds is 6. The predicted octanol–water partition coefficient (Wildman–Crippen LogP) is 3.92. The summed E-state index contributed by atoms with van der Waals surface area (Å²) < 4.78 is 10.7. The Morgan fingerprint density at radius 2 is 1.90 bits per heavy atom. The molecule has 0 atom stereocenters. The van der Waals surface area contributed by atoms with Crippen molar-refractivity contribution in [2.24, 2.45) is 0 Å². The van der Waals surface area contributed by atoms with Crippen LogP contribution in [0.4, 0.5) is 0 Å². The van der Waals surface area contributed by atoms with Gasteiger partial charge in [-0.3, -0.25) is 0 Å². The second kappa shape index (κ2) is 8.28. The first-order chi connectivity index (χ1) is 14.5. The average molecular weight is 403 g/mol. The summed E-state index contributed by atoms with van der Waals surface area (Å²) in [5.41, 5.74) is 4.03. The van der Waals surface area contributed by atoms with Crippen LogP contribution in [0.25, 0.3) is 22.6 Å². The van der Waals surface area contributed by atoms with Gasteiger partial charge in [-0.1, -0.05) is 47.1 Å². The molecule has 0 radical (unpaired) electrons. The third-order valence-electron chi connectivity index (χ3n) is 4.36. The zero-order chi connectivity index (χ0) is 21.1. The van der Waals surface area contributed by atoms with Crippen LogP contribution >= 0.6 is 0 Å². The molecule has 0 saturated carbocycles. The highest BCUT2D eigenvalue weighted by Crippen LogP contribution is 2.20. The molecule has 8 nitrogen and oxygen atoms in total. The first kappa shape index (κ1) is 19.5. The van der Waals surface area contributed by atoms with Gasteiger partial charge < -0.3 is 9.26 Å². The summed E-state index contributed by atoms with van der Waals surface area (Å²) in [5.74, 6) is 0.640. The molecule has 2 aromatic carbocycles. The lowest BCUT2D eigenvalue weighted by molar-refractivity contribution is 0.0378. The van der Waals surface area contributed by atoms with Gasteiger partial charge in [-0.2, -0.15) is 4.80 Å². The standard InChI is InChI=1S/C22H21N5O3/c1-14(2)29-22(28)18-6-4-5-17(11-18)21-23-26-27(24-21)13-19-12-20(25-30-19)16-9-7-15(3)8-10-16/h4-12,14H,13H2,1-3H3. The third kappa shape index (κ3) is 4.43. The van der Waals surface area contributed by atoms with E-state index in [9.17, 15) is 4.79 Å². The van der Waals surface area contributed by atoms with Crippen molar-refractivity contribution < 1.29 is 14.1 Å². The zero-order valence-corrected chi connectivity index (χ0v) is 16.9. The highest BCUT2D eigenvalue weighted by molar-refractivity contribution is 5.90. The Balaban J connectivity index is 1.49. The van der Waals surface area contributed by atoms with Crippen LogP contribution in [0.3, 0.4) is 0 Å². The quantitative estimate of drug-likeness (QED) is 0.450. The summed E-state index contributed by atoms with van der Waals surface area (Å²) in [6.45, 7) is 5.95. The topological polar surface area (TPSA) is 95.9 Å². The average Bonchev–Trinajstić information content (AvgIpc) is 3.38. The summed E-state index contributed by atoms with van der Waals surface area (Å²) in [5, 5.41) is 16.7. The Bertz CT molecular complexity index is 1160. The molecular formula is C22H21N5O3. The van der Waals surface area contributed by atoms with E-state index in [-0.39, 0.29) is 12.1 Å². The molecule has 30 heavy (non-hydrogen) atoms. The van der Waals surface area contributed by atoms with E-state index in [1.165, 1.54) is 10.4 Å². The molecule has 0 amide bonds. The monoisotopic (exact) mass is 403 g/mol. The molecule has 2 heterocycles. The summed E-state index contributed by atoms with van der Waals surface area (Å²) in [6.07, 6.45) is -0.188. The summed E-state index contributed by atoms with van der Waals surface area (Å²) in [6, 6.07) is 16.9. The Kier molecular flexibility index (Phi) is 5.38. The molecule has 4 rings (SSSR count). The number of hydrogen-bond acceptors (Lipinski definition) is 7. The number of ether oxygens (including phenoxy) is 1. The minimum Gasteiger partial charge on any atom is -0.459 e. The maximum Gasteiger partial charge on any atom is 0.338 e. The van der Waals surface area contributed by atoms with Crippen molar-refractivity contribution in [1.82, 2.24) is 25.4 Å². The Labute approximate surface area is 173 Å². The van der Waals surface area contributed by atoms with Crippen LogP contribution in [-0.2, 0) is 11.3 Å². The van der Waals surface area contributed by atoms with Crippen molar-refractivity contribution in [3.63, 3.8) is 0 Å². The van der Waals surface area contributed by atoms with Crippen molar-refractivity contribution in [1.29, 1.82) is 0 Å². The molecule has 0 unspecified atom stereocenters. The fourth-order valence-corrected chi connectivity index (χ4v) is 2.88. The second-order valence-corrected chi connectivity index (χ2v) is 7.22. The van der Waals surface area contributed by atoms with Gasteiger partial charge in [0.2, 0.25) is 5.82 Å². The third-order valence-corrected chi connectivity index (χ3v) is 4.36. The number of aryl methyl sites for hydroxylation is 1. The van der Waals surface area contributed by atoms with Crippen molar-refractivity contribution in [2.45, 2.75) is 33.4 Å². The van der Waals surface area contributed by atoms with Gasteiger partial charge >= 0.3 is 5.97 Å². The summed E-state index contributed by atoms with van der Waals surface area (Å²) in [4.78, 5) is 13.5. The number of esters is 1. The van der Waals surface area contributed by atoms with E-state index in [1.807, 2.05) is 57.2 Å². The first-order valence-electron chi connectivity index (χ1n) is 9.60. The molecule has 0 spiro atoms. The zero-order valence-electron chi connectivity index (χ0n) is 16.9. The van der Waals surface area contributed by atoms with E-state index in [0.29, 0.717) is 29.3 Å². The molecule has 0 aliphatic carbocycles. The van der Waals surface area contributed by atoms with Crippen molar-refractivity contribution in [3.05, 3.63) is 71.5 Å². The van der Waals surface area contributed by atoms with E-state index in [2.05, 4.69) is 20.6 Å². The fraction of sp³-hybridized carbons (Fsp3) is 0.227. The second-order valence-electron chi connectivity index (χ2n) is 7.22. The first-order valence-corrected chi connectivity index (χ1v) is 9.60. The molecule has 4 aromatic rings. The summed E-state index contributed by atoms with van der Waals surface area (Å²) >= 11 is 0. The molecule has 0 N–H and O–H groups in total. The molecule has 8 heteroatoms. The highest BCUT2D eigenvalue weighted by atomic mass is 16.5. The lowest BCUT2D eigenvalue weighted by Gasteiger charge is -2.08. The number of benzene rings is 2. The van der Waals surface area contributed by atoms with Crippen LogP contribution in [0.1, 0.15) is 35.5 Å². The van der Waals surface area contributed by atoms with Crippen LogP contribution in [-0.4, -0.2) is 37.4 Å². The van der Waals surface area contributed by atoms with E-state index in [1.54, 1.807) is 18.2 Å². The molecular weight excluding hydrogens is 382 g/mol. The maximum absolute atomic E-state index is 12.1. The van der Waals surface area contributed by atoms with Crippen molar-refractivity contribution in [3.8, 4) is 22.6 Å². The van der Waals surface area contributed by atoms with Crippen LogP contribution < -0.4 is 0 Å². The van der Waals surface area contributed by atoms with Crippen molar-refractivity contribution in [2.75, 3.05) is 0 Å². The minimum absolute atomic E-state index is 0.188. The van der Waals surface area contributed by atoms with Crippen molar-refractivity contribution >= 4 is 5.97 Å². The van der Waals surface area contributed by atoms with E-state index in [0.717, 1.165) is 11.3 Å². The van der Waals surface area contributed by atoms with Gasteiger partial charge in [0.1, 0.15) is 12.2 Å². The molecule has 0 saturated heterocycles. The number of hydrogen-bond donors (Lipinski definition) is 0. The number of carbonyl (C=O) groups excluding carboxylic acids is 1. The van der Waals surface area contributed by atoms with Gasteiger partial charge in [0.15, 0.2) is 5.76 Å². The molecule has 152 valence electrons. The number of nitrogens with zero attached hydrogens (tertiary/aromatic N) is 5. The number of aromatic nitrogens is 5. The molecule has 0 bridgehead atoms. The van der Waals surface area contributed by atoms with Gasteiger partial charge in [-0.05, 0) is 38.1 Å². The van der Waals surface area contributed by atoms with Gasteiger partial charge in [0, 0.05) is 17.2 Å². The summed E-state index contributed by atoms with van der Waals surface area (Å²) in [7, 11) is 0. The predicted molar refractivity (Wildman–Crippen MR) is 110 cm³/mol. The van der Waals surface area contributed by atoms with Gasteiger partial charge in [0.05, 0.1) is 11.7 Å². The van der Waals surface area contributed by atoms with E-state index >= 15 is 0 Å². The minimum atomic E-state index is -0.385. The number of tetrazole rings is 1. The normalized spacial score (nSPS) is 11.1. The Hall–Kier alpha value is -3.81. The largest absolute Gasteiger partial charge is 0.459 e. The Morgan fingerprint density at radius 3 is 2.67 bits per heavy atom. The van der Waals surface area contributed by atoms with Gasteiger partial charge in [-0.15, -0.1) is 10.2 Å². The van der Waals surface area contributed by atoms with Gasteiger partial charge in [0.25, 0.3) is 0 Å². The Morgan fingerprint density at radius 1 is 1.10 bits per heavy atom. The molecule has 0 fully saturated rings. The molecule has 2 aromatic heterocycles. The lowest BCUT2D eigenvalue weighted by atomic mass is 10.1. The van der Waals surface area contributed by atoms with Crippen LogP contribution in [0, 0.1) is 6.92 Å². The smallest absolute Gasteiger partial charge is 0.338 e. The van der Waals surface area contributed by atoms with Crippen LogP contribution in [0.2, 0.25) is 0 Å². The SMILES string of the molecule is Cc1ccc(-c2cc(Cn3nnc(-c4cccc(C(=O)OC(C)C)c4)n3)on2)cc1. The highest BCUT2D eigenvalue weighted by Gasteiger charge is 2.14. The number of carbonyl (C=O) groups is 1. The van der Waals surface area contributed by atoms with Crippen LogP contribution in [0.15, 0.2) is 59.1 Å². The van der Waals surface area contributed by atoms with Gasteiger partial charge in [-0.25, -0.2) is 4.79 Å². The molecule has 0 aliphatic rings. The fourth-order valence-electron chi connectivity index (χ4n) is 2.88. The van der Waals surface area contributed by atoms with E-state index in [4.69, 9.17) is 9.26 Å². The van der Waals surface area contributed by atoms with Crippen LogP contribution in [0.5, 0.6) is 0 Å².